The standard InChI is InChI=1S/C13H21NO5S2/c1-4-9-13(2,15)10-14-21(18,19)12-7-5-11(6-8-12)20(3,16)17/h5-8,14-15H,4,9-10H2,1-3H3. The summed E-state index contributed by atoms with van der Waals surface area (Å²) in [6, 6.07) is 4.95. The Morgan fingerprint density at radius 1 is 1.10 bits per heavy atom. The molecule has 6 nitrogen and oxygen atoms in total. The lowest BCUT2D eigenvalue weighted by Gasteiger charge is -2.22. The van der Waals surface area contributed by atoms with E-state index in [-0.39, 0.29) is 16.3 Å². The summed E-state index contributed by atoms with van der Waals surface area (Å²) in [5.41, 5.74) is -1.12. The Bertz CT molecular complexity index is 676. The number of nitrogens with one attached hydrogen (secondary N) is 1. The first kappa shape index (κ1) is 18.1. The van der Waals surface area contributed by atoms with Crippen molar-refractivity contribution in [3.05, 3.63) is 24.3 Å². The highest BCUT2D eigenvalue weighted by molar-refractivity contribution is 7.90. The molecule has 0 radical (unpaired) electrons. The molecule has 0 spiro atoms. The van der Waals surface area contributed by atoms with Crippen LogP contribution in [0.4, 0.5) is 0 Å². The molecule has 0 amide bonds. The van der Waals surface area contributed by atoms with Gasteiger partial charge < -0.3 is 5.11 Å². The second kappa shape index (κ2) is 6.43. The van der Waals surface area contributed by atoms with Gasteiger partial charge in [-0.2, -0.15) is 0 Å². The van der Waals surface area contributed by atoms with Crippen LogP contribution in [0.5, 0.6) is 0 Å². The summed E-state index contributed by atoms with van der Waals surface area (Å²) >= 11 is 0. The number of benzene rings is 1. The Morgan fingerprint density at radius 3 is 2.00 bits per heavy atom. The Balaban J connectivity index is 2.89. The molecular formula is C13H21NO5S2. The van der Waals surface area contributed by atoms with Crippen LogP contribution in [0.2, 0.25) is 0 Å². The van der Waals surface area contributed by atoms with Crippen molar-refractivity contribution in [2.75, 3.05) is 12.8 Å². The topological polar surface area (TPSA) is 101 Å². The van der Waals surface area contributed by atoms with Crippen molar-refractivity contribution in [2.45, 2.75) is 42.1 Å². The number of sulfonamides is 1. The Hall–Kier alpha value is -0.960. The van der Waals surface area contributed by atoms with Crippen LogP contribution >= 0.6 is 0 Å². The molecule has 1 atom stereocenters. The van der Waals surface area contributed by atoms with Gasteiger partial charge in [-0.05, 0) is 37.6 Å². The first-order chi connectivity index (χ1) is 9.48. The predicted octanol–water partition coefficient (Wildman–Crippen LogP) is 0.920. The van der Waals surface area contributed by atoms with Gasteiger partial charge in [0.05, 0.1) is 15.4 Å². The molecule has 0 aliphatic heterocycles. The molecule has 0 bridgehead atoms. The molecule has 1 rings (SSSR count). The van der Waals surface area contributed by atoms with E-state index in [1.807, 2.05) is 6.92 Å². The third-order valence-electron chi connectivity index (χ3n) is 2.99. The van der Waals surface area contributed by atoms with Crippen molar-refractivity contribution >= 4 is 19.9 Å². The van der Waals surface area contributed by atoms with Gasteiger partial charge in [0, 0.05) is 12.8 Å². The lowest BCUT2D eigenvalue weighted by molar-refractivity contribution is 0.0554. The fraction of sp³-hybridized carbons (Fsp3) is 0.538. The van der Waals surface area contributed by atoms with Gasteiger partial charge >= 0.3 is 0 Å². The van der Waals surface area contributed by atoms with Gasteiger partial charge in [0.25, 0.3) is 0 Å². The molecule has 1 aromatic carbocycles. The van der Waals surface area contributed by atoms with Crippen LogP contribution in [0, 0.1) is 0 Å². The van der Waals surface area contributed by atoms with Crippen molar-refractivity contribution in [1.82, 2.24) is 4.72 Å². The molecule has 0 heterocycles. The Labute approximate surface area is 126 Å². The lowest BCUT2D eigenvalue weighted by Crippen LogP contribution is -2.40. The zero-order valence-electron chi connectivity index (χ0n) is 12.3. The summed E-state index contributed by atoms with van der Waals surface area (Å²) in [5.74, 6) is 0. The number of rotatable bonds is 7. The van der Waals surface area contributed by atoms with E-state index in [4.69, 9.17) is 0 Å². The minimum atomic E-state index is -3.78. The number of hydrogen-bond donors (Lipinski definition) is 2. The van der Waals surface area contributed by atoms with Gasteiger partial charge in [-0.15, -0.1) is 0 Å². The highest BCUT2D eigenvalue weighted by atomic mass is 32.2. The fourth-order valence-corrected chi connectivity index (χ4v) is 3.62. The third kappa shape index (κ3) is 5.39. The average molecular weight is 335 g/mol. The van der Waals surface area contributed by atoms with E-state index in [1.165, 1.54) is 24.3 Å². The van der Waals surface area contributed by atoms with Crippen LogP contribution in [0.1, 0.15) is 26.7 Å². The minimum absolute atomic E-state index is 0.0396. The molecule has 8 heteroatoms. The van der Waals surface area contributed by atoms with Gasteiger partial charge in [0.2, 0.25) is 10.0 Å². The summed E-state index contributed by atoms with van der Waals surface area (Å²) in [6.07, 6.45) is 2.26. The van der Waals surface area contributed by atoms with Crippen LogP contribution in [0.15, 0.2) is 34.1 Å². The summed E-state index contributed by atoms with van der Waals surface area (Å²) in [6.45, 7) is 3.36. The highest BCUT2D eigenvalue weighted by Gasteiger charge is 2.23. The smallest absolute Gasteiger partial charge is 0.240 e. The van der Waals surface area contributed by atoms with E-state index in [0.717, 1.165) is 12.7 Å². The molecule has 1 unspecified atom stereocenters. The van der Waals surface area contributed by atoms with Crippen LogP contribution < -0.4 is 4.72 Å². The predicted molar refractivity (Wildman–Crippen MR) is 80.3 cm³/mol. The molecular weight excluding hydrogens is 314 g/mol. The van der Waals surface area contributed by atoms with E-state index >= 15 is 0 Å². The van der Waals surface area contributed by atoms with E-state index in [1.54, 1.807) is 6.92 Å². The maximum absolute atomic E-state index is 12.1. The molecule has 0 aliphatic carbocycles. The lowest BCUT2D eigenvalue weighted by atomic mass is 10.0. The van der Waals surface area contributed by atoms with Crippen LogP contribution in [-0.2, 0) is 19.9 Å². The first-order valence-electron chi connectivity index (χ1n) is 6.50. The highest BCUT2D eigenvalue weighted by Crippen LogP contribution is 2.16. The molecule has 2 N–H and O–H groups in total. The summed E-state index contributed by atoms with van der Waals surface area (Å²) in [7, 11) is -7.14. The van der Waals surface area contributed by atoms with Crippen molar-refractivity contribution in [3.63, 3.8) is 0 Å². The molecule has 0 saturated heterocycles. The summed E-state index contributed by atoms with van der Waals surface area (Å²) in [4.78, 5) is 0.0154. The largest absolute Gasteiger partial charge is 0.389 e. The summed E-state index contributed by atoms with van der Waals surface area (Å²) < 4.78 is 49.1. The molecule has 0 saturated carbocycles. The maximum Gasteiger partial charge on any atom is 0.240 e. The first-order valence-corrected chi connectivity index (χ1v) is 9.87. The SMILES string of the molecule is CCCC(C)(O)CNS(=O)(=O)c1ccc(S(C)(=O)=O)cc1. The van der Waals surface area contributed by atoms with E-state index in [0.29, 0.717) is 6.42 Å². The van der Waals surface area contributed by atoms with E-state index in [9.17, 15) is 21.9 Å². The monoisotopic (exact) mass is 335 g/mol. The second-order valence-electron chi connectivity index (χ2n) is 5.32. The molecule has 0 fully saturated rings. The van der Waals surface area contributed by atoms with E-state index in [2.05, 4.69) is 4.72 Å². The zero-order valence-corrected chi connectivity index (χ0v) is 14.0. The number of hydrogen-bond acceptors (Lipinski definition) is 5. The fourth-order valence-electron chi connectivity index (χ4n) is 1.83. The van der Waals surface area contributed by atoms with Gasteiger partial charge in [0.1, 0.15) is 0 Å². The maximum atomic E-state index is 12.1. The second-order valence-corrected chi connectivity index (χ2v) is 9.10. The van der Waals surface area contributed by atoms with Crippen molar-refractivity contribution in [2.24, 2.45) is 0 Å². The van der Waals surface area contributed by atoms with Crippen molar-refractivity contribution in [3.8, 4) is 0 Å². The Kier molecular flexibility index (Phi) is 5.54. The average Bonchev–Trinajstić information content (AvgIpc) is 2.36. The number of sulfone groups is 1. The van der Waals surface area contributed by atoms with Gasteiger partial charge in [-0.25, -0.2) is 21.6 Å². The summed E-state index contributed by atoms with van der Waals surface area (Å²) in [5, 5.41) is 9.97. The molecule has 120 valence electrons. The minimum Gasteiger partial charge on any atom is -0.389 e. The quantitative estimate of drug-likeness (QED) is 0.772. The molecule has 1 aromatic rings. The molecule has 21 heavy (non-hydrogen) atoms. The Morgan fingerprint density at radius 2 is 1.57 bits per heavy atom. The third-order valence-corrected chi connectivity index (χ3v) is 5.54. The van der Waals surface area contributed by atoms with E-state index < -0.39 is 25.5 Å². The van der Waals surface area contributed by atoms with Crippen molar-refractivity contribution < 1.29 is 21.9 Å². The molecule has 0 aliphatic rings. The van der Waals surface area contributed by atoms with Gasteiger partial charge in [-0.3, -0.25) is 0 Å². The van der Waals surface area contributed by atoms with Crippen LogP contribution in [0.3, 0.4) is 0 Å². The van der Waals surface area contributed by atoms with Gasteiger partial charge in [0.15, 0.2) is 9.84 Å². The number of aliphatic hydroxyl groups is 1. The van der Waals surface area contributed by atoms with Crippen molar-refractivity contribution in [1.29, 1.82) is 0 Å². The molecule has 0 aromatic heterocycles. The normalized spacial score (nSPS) is 15.6. The van der Waals surface area contributed by atoms with Crippen LogP contribution in [-0.4, -0.2) is 40.3 Å². The van der Waals surface area contributed by atoms with Crippen LogP contribution in [0.25, 0.3) is 0 Å². The zero-order chi connectivity index (χ0) is 16.3. The van der Waals surface area contributed by atoms with Gasteiger partial charge in [-0.1, -0.05) is 13.3 Å².